The standard InChI is InChI=1S/C24H17F4NO5S/c25-17-10-11-20-19(13-17)16(9-12-22(30)31)14-29(20)35(32,33)23-18(15-5-2-1-3-6-15)7-4-8-21(23)34-24(26,27)28/h1-8,10-11,13-14H,9,12H2,(H,30,31). The molecule has 0 aliphatic carbocycles. The van der Waals surface area contributed by atoms with Crippen LogP contribution in [0.3, 0.4) is 0 Å². The summed E-state index contributed by atoms with van der Waals surface area (Å²) in [6, 6.07) is 14.6. The van der Waals surface area contributed by atoms with Gasteiger partial charge < -0.3 is 9.84 Å². The number of aliphatic carboxylic acids is 1. The molecular formula is C24H17F4NO5S. The van der Waals surface area contributed by atoms with Crippen LogP contribution in [0.15, 0.2) is 77.8 Å². The van der Waals surface area contributed by atoms with Gasteiger partial charge in [0.15, 0.2) is 5.75 Å². The average Bonchev–Trinajstić information content (AvgIpc) is 3.15. The predicted molar refractivity (Wildman–Crippen MR) is 119 cm³/mol. The number of aryl methyl sites for hydroxylation is 1. The van der Waals surface area contributed by atoms with Gasteiger partial charge in [-0.15, -0.1) is 13.2 Å². The van der Waals surface area contributed by atoms with Crippen molar-refractivity contribution in [3.05, 3.63) is 84.3 Å². The first-order chi connectivity index (χ1) is 16.5. The molecule has 6 nitrogen and oxygen atoms in total. The first-order valence-corrected chi connectivity index (χ1v) is 11.6. The summed E-state index contributed by atoms with van der Waals surface area (Å²) in [4.78, 5) is 10.3. The van der Waals surface area contributed by atoms with Gasteiger partial charge in [-0.2, -0.15) is 0 Å². The van der Waals surface area contributed by atoms with Crippen molar-refractivity contribution < 1.29 is 40.6 Å². The maximum atomic E-state index is 14.0. The van der Waals surface area contributed by atoms with Crippen LogP contribution in [0.5, 0.6) is 5.75 Å². The zero-order chi connectivity index (χ0) is 25.4. The van der Waals surface area contributed by atoms with Gasteiger partial charge in [0, 0.05) is 23.6 Å². The molecule has 0 atom stereocenters. The first-order valence-electron chi connectivity index (χ1n) is 10.2. The number of benzene rings is 3. The Labute approximate surface area is 197 Å². The minimum absolute atomic E-state index is 0.0207. The third-order valence-corrected chi connectivity index (χ3v) is 6.99. The number of hydrogen-bond acceptors (Lipinski definition) is 4. The predicted octanol–water partition coefficient (Wildman–Crippen LogP) is 5.60. The van der Waals surface area contributed by atoms with Gasteiger partial charge in [0.1, 0.15) is 10.7 Å². The molecule has 3 aromatic carbocycles. The molecule has 0 saturated heterocycles. The van der Waals surface area contributed by atoms with Crippen LogP contribution < -0.4 is 4.74 Å². The fourth-order valence-electron chi connectivity index (χ4n) is 3.81. The van der Waals surface area contributed by atoms with Crippen molar-refractivity contribution in [3.8, 4) is 16.9 Å². The Morgan fingerprint density at radius 3 is 2.37 bits per heavy atom. The lowest BCUT2D eigenvalue weighted by molar-refractivity contribution is -0.275. The summed E-state index contributed by atoms with van der Waals surface area (Å²) in [7, 11) is -4.76. The monoisotopic (exact) mass is 507 g/mol. The first kappa shape index (κ1) is 24.3. The molecule has 4 rings (SSSR count). The summed E-state index contributed by atoms with van der Waals surface area (Å²) in [6.45, 7) is 0. The van der Waals surface area contributed by atoms with E-state index >= 15 is 0 Å². The van der Waals surface area contributed by atoms with Gasteiger partial charge in [0.05, 0.1) is 5.52 Å². The van der Waals surface area contributed by atoms with Crippen molar-refractivity contribution >= 4 is 26.9 Å². The van der Waals surface area contributed by atoms with Crippen LogP contribution in [-0.4, -0.2) is 29.8 Å². The van der Waals surface area contributed by atoms with E-state index in [9.17, 15) is 30.8 Å². The fourth-order valence-corrected chi connectivity index (χ4v) is 5.52. The molecular weight excluding hydrogens is 490 g/mol. The Morgan fingerprint density at radius 1 is 1.00 bits per heavy atom. The maximum absolute atomic E-state index is 14.0. The van der Waals surface area contributed by atoms with Crippen LogP contribution in [0.2, 0.25) is 0 Å². The smallest absolute Gasteiger partial charge is 0.481 e. The van der Waals surface area contributed by atoms with E-state index in [-0.39, 0.29) is 34.9 Å². The number of ether oxygens (including phenoxy) is 1. The molecule has 11 heteroatoms. The number of rotatable bonds is 7. The number of nitrogens with zero attached hydrogens (tertiary/aromatic N) is 1. The fraction of sp³-hybridized carbons (Fsp3) is 0.125. The molecule has 0 radical (unpaired) electrons. The van der Waals surface area contributed by atoms with Gasteiger partial charge in [-0.1, -0.05) is 42.5 Å². The molecule has 0 saturated carbocycles. The summed E-state index contributed by atoms with van der Waals surface area (Å²) in [6.07, 6.45) is -4.56. The van der Waals surface area contributed by atoms with Gasteiger partial charge in [0.2, 0.25) is 0 Å². The molecule has 1 heterocycles. The number of halogens is 4. The number of carboxylic acids is 1. The van der Waals surface area contributed by atoms with Crippen LogP contribution >= 0.6 is 0 Å². The second-order valence-corrected chi connectivity index (χ2v) is 9.31. The number of alkyl halides is 3. The highest BCUT2D eigenvalue weighted by Crippen LogP contribution is 2.40. The third-order valence-electron chi connectivity index (χ3n) is 5.23. The summed E-state index contributed by atoms with van der Waals surface area (Å²) >= 11 is 0. The maximum Gasteiger partial charge on any atom is 0.573 e. The van der Waals surface area contributed by atoms with Gasteiger partial charge in [0.25, 0.3) is 10.0 Å². The molecule has 0 aliphatic heterocycles. The van der Waals surface area contributed by atoms with Crippen molar-refractivity contribution in [2.24, 2.45) is 0 Å². The van der Waals surface area contributed by atoms with Crippen molar-refractivity contribution in [2.75, 3.05) is 0 Å². The van der Waals surface area contributed by atoms with E-state index in [1.165, 1.54) is 30.3 Å². The Kier molecular flexibility index (Phi) is 6.28. The molecule has 0 aliphatic rings. The largest absolute Gasteiger partial charge is 0.573 e. The quantitative estimate of drug-likeness (QED) is 0.329. The molecule has 0 amide bonds. The number of hydrogen-bond donors (Lipinski definition) is 1. The van der Waals surface area contributed by atoms with Crippen molar-refractivity contribution in [1.82, 2.24) is 3.97 Å². The Balaban J connectivity index is 2.00. The molecule has 1 N–H and O–H groups in total. The van der Waals surface area contributed by atoms with Gasteiger partial charge in [-0.05, 0) is 41.8 Å². The van der Waals surface area contributed by atoms with E-state index in [0.29, 0.717) is 5.56 Å². The molecule has 0 fully saturated rings. The van der Waals surface area contributed by atoms with E-state index in [2.05, 4.69) is 4.74 Å². The lowest BCUT2D eigenvalue weighted by atomic mass is 10.1. The highest BCUT2D eigenvalue weighted by Gasteiger charge is 2.36. The van der Waals surface area contributed by atoms with E-state index in [1.54, 1.807) is 18.2 Å². The normalized spacial score (nSPS) is 12.1. The zero-order valence-corrected chi connectivity index (χ0v) is 18.6. The van der Waals surface area contributed by atoms with Crippen molar-refractivity contribution in [3.63, 3.8) is 0 Å². The number of carbonyl (C=O) groups is 1. The van der Waals surface area contributed by atoms with Crippen LogP contribution in [0, 0.1) is 5.82 Å². The van der Waals surface area contributed by atoms with Crippen LogP contribution in [0.4, 0.5) is 17.6 Å². The Morgan fingerprint density at radius 2 is 1.71 bits per heavy atom. The zero-order valence-electron chi connectivity index (χ0n) is 17.8. The molecule has 0 unspecified atom stereocenters. The van der Waals surface area contributed by atoms with Gasteiger partial charge in [-0.25, -0.2) is 16.8 Å². The van der Waals surface area contributed by atoms with E-state index in [4.69, 9.17) is 5.11 Å². The molecule has 0 spiro atoms. The van der Waals surface area contributed by atoms with Crippen molar-refractivity contribution in [1.29, 1.82) is 0 Å². The van der Waals surface area contributed by atoms with E-state index < -0.39 is 38.8 Å². The summed E-state index contributed by atoms with van der Waals surface area (Å²) in [5.74, 6) is -2.77. The minimum Gasteiger partial charge on any atom is -0.481 e. The minimum atomic E-state index is -5.17. The van der Waals surface area contributed by atoms with Gasteiger partial charge >= 0.3 is 12.3 Å². The second kappa shape index (κ2) is 9.06. The average molecular weight is 507 g/mol. The highest BCUT2D eigenvalue weighted by atomic mass is 32.2. The van der Waals surface area contributed by atoms with Crippen LogP contribution in [-0.2, 0) is 21.2 Å². The van der Waals surface area contributed by atoms with E-state index in [1.807, 2.05) is 0 Å². The second-order valence-electron chi connectivity index (χ2n) is 7.56. The lowest BCUT2D eigenvalue weighted by Crippen LogP contribution is -2.21. The lowest BCUT2D eigenvalue weighted by Gasteiger charge is -2.18. The SMILES string of the molecule is O=C(O)CCc1cn(S(=O)(=O)c2c(OC(F)(F)F)cccc2-c2ccccc2)c2ccc(F)cc12. The van der Waals surface area contributed by atoms with Gasteiger partial charge in [-0.3, -0.25) is 4.79 Å². The van der Waals surface area contributed by atoms with Crippen LogP contribution in [0.1, 0.15) is 12.0 Å². The van der Waals surface area contributed by atoms with E-state index in [0.717, 1.165) is 28.4 Å². The highest BCUT2D eigenvalue weighted by molar-refractivity contribution is 7.90. The number of fused-ring (bicyclic) bond motifs is 1. The number of carboxylic acid groups (broad SMARTS) is 1. The molecule has 0 bridgehead atoms. The molecule has 182 valence electrons. The Hall–Kier alpha value is -3.86. The van der Waals surface area contributed by atoms with Crippen molar-refractivity contribution in [2.45, 2.75) is 24.1 Å². The summed E-state index contributed by atoms with van der Waals surface area (Å²) in [5, 5.41) is 9.16. The third kappa shape index (κ3) is 4.99. The topological polar surface area (TPSA) is 85.6 Å². The molecule has 4 aromatic rings. The molecule has 1 aromatic heterocycles. The Bertz CT molecular complexity index is 1510. The summed E-state index contributed by atoms with van der Waals surface area (Å²) < 4.78 is 86.2. The molecule has 35 heavy (non-hydrogen) atoms. The summed E-state index contributed by atoms with van der Waals surface area (Å²) in [5.41, 5.74) is 0.476. The van der Waals surface area contributed by atoms with Crippen LogP contribution in [0.25, 0.3) is 22.0 Å². The number of aromatic nitrogens is 1.